The van der Waals surface area contributed by atoms with E-state index in [1.54, 1.807) is 19.2 Å². The van der Waals surface area contributed by atoms with Crippen LogP contribution in [0.25, 0.3) is 10.9 Å². The minimum Gasteiger partial charge on any atom is -0.349 e. The highest BCUT2D eigenvalue weighted by Crippen LogP contribution is 2.22. The van der Waals surface area contributed by atoms with Crippen LogP contribution in [0.15, 0.2) is 12.3 Å². The number of carbonyl (C=O) groups excluding carboxylic acids is 1. The highest BCUT2D eigenvalue weighted by Gasteiger charge is 2.17. The number of rotatable bonds is 4. The van der Waals surface area contributed by atoms with E-state index in [9.17, 15) is 9.18 Å². The standard InChI is InChI=1S/C17H24FN3O/c1-10(6-7-17(3,4)5)20-16(22)13-8-12-14(21-13)9-19-11(2)15(12)18/h8-10,21H,6-7H2,1-5H3,(H,20,22). The summed E-state index contributed by atoms with van der Waals surface area (Å²) in [6, 6.07) is 1.62. The molecule has 0 fully saturated rings. The lowest BCUT2D eigenvalue weighted by Gasteiger charge is -2.21. The van der Waals surface area contributed by atoms with Crippen LogP contribution < -0.4 is 5.32 Å². The third-order valence-corrected chi connectivity index (χ3v) is 3.74. The Kier molecular flexibility index (Phi) is 4.54. The summed E-state index contributed by atoms with van der Waals surface area (Å²) in [7, 11) is 0. The molecule has 4 nitrogen and oxygen atoms in total. The van der Waals surface area contributed by atoms with Gasteiger partial charge in [0.15, 0.2) is 5.82 Å². The lowest BCUT2D eigenvalue weighted by molar-refractivity contribution is 0.0931. The number of hydrogen-bond donors (Lipinski definition) is 2. The second-order valence-electron chi connectivity index (χ2n) is 7.14. The molecule has 2 N–H and O–H groups in total. The van der Waals surface area contributed by atoms with E-state index in [4.69, 9.17) is 0 Å². The summed E-state index contributed by atoms with van der Waals surface area (Å²) in [5.41, 5.74) is 1.48. The van der Waals surface area contributed by atoms with Crippen molar-refractivity contribution in [2.45, 2.75) is 53.5 Å². The Hall–Kier alpha value is -1.91. The zero-order chi connectivity index (χ0) is 16.5. The molecule has 0 aliphatic rings. The number of amides is 1. The van der Waals surface area contributed by atoms with Crippen LogP contribution in [-0.4, -0.2) is 21.9 Å². The topological polar surface area (TPSA) is 57.8 Å². The maximum atomic E-state index is 14.0. The first kappa shape index (κ1) is 16.5. The maximum Gasteiger partial charge on any atom is 0.267 e. The van der Waals surface area contributed by atoms with E-state index in [1.165, 1.54) is 0 Å². The third-order valence-electron chi connectivity index (χ3n) is 3.74. The smallest absolute Gasteiger partial charge is 0.267 e. The normalized spacial score (nSPS) is 13.4. The van der Waals surface area contributed by atoms with Crippen LogP contribution >= 0.6 is 0 Å². The first-order valence-corrected chi connectivity index (χ1v) is 7.62. The minimum absolute atomic E-state index is 0.0721. The van der Waals surface area contributed by atoms with E-state index in [2.05, 4.69) is 36.1 Å². The first-order valence-electron chi connectivity index (χ1n) is 7.62. The maximum absolute atomic E-state index is 14.0. The fourth-order valence-corrected chi connectivity index (χ4v) is 2.31. The van der Waals surface area contributed by atoms with Gasteiger partial charge in [-0.05, 0) is 38.2 Å². The van der Waals surface area contributed by atoms with Gasteiger partial charge in [0.2, 0.25) is 0 Å². The molecule has 0 saturated carbocycles. The van der Waals surface area contributed by atoms with Crippen molar-refractivity contribution in [3.8, 4) is 0 Å². The molecule has 0 aliphatic carbocycles. The quantitative estimate of drug-likeness (QED) is 0.898. The number of nitrogens with one attached hydrogen (secondary N) is 2. The molecule has 0 saturated heterocycles. The predicted molar refractivity (Wildman–Crippen MR) is 86.4 cm³/mol. The lowest BCUT2D eigenvalue weighted by Crippen LogP contribution is -2.33. The van der Waals surface area contributed by atoms with Crippen molar-refractivity contribution in [2.24, 2.45) is 5.41 Å². The molecule has 0 radical (unpaired) electrons. The third kappa shape index (κ3) is 3.84. The summed E-state index contributed by atoms with van der Waals surface area (Å²) in [5.74, 6) is -0.594. The molecule has 0 spiro atoms. The van der Waals surface area contributed by atoms with Crippen LogP contribution in [0.3, 0.4) is 0 Å². The molecule has 0 aliphatic heterocycles. The highest BCUT2D eigenvalue weighted by molar-refractivity contribution is 5.98. The van der Waals surface area contributed by atoms with Gasteiger partial charge in [0.05, 0.1) is 17.4 Å². The molecule has 2 aromatic heterocycles. The molecule has 0 bridgehead atoms. The van der Waals surface area contributed by atoms with Gasteiger partial charge in [0.25, 0.3) is 5.91 Å². The van der Waals surface area contributed by atoms with Gasteiger partial charge in [-0.25, -0.2) is 4.39 Å². The molecule has 2 rings (SSSR count). The number of H-pyrrole nitrogens is 1. The molecular weight excluding hydrogens is 281 g/mol. The lowest BCUT2D eigenvalue weighted by atomic mass is 9.89. The summed E-state index contributed by atoms with van der Waals surface area (Å²) in [4.78, 5) is 19.1. The fraction of sp³-hybridized carbons (Fsp3) is 0.529. The van der Waals surface area contributed by atoms with E-state index in [1.807, 2.05) is 6.92 Å². The number of nitrogens with zero attached hydrogens (tertiary/aromatic N) is 1. The second-order valence-corrected chi connectivity index (χ2v) is 7.14. The molecule has 1 unspecified atom stereocenters. The number of aromatic amines is 1. The Morgan fingerprint density at radius 2 is 2.14 bits per heavy atom. The zero-order valence-electron chi connectivity index (χ0n) is 13.9. The largest absolute Gasteiger partial charge is 0.349 e. The second kappa shape index (κ2) is 6.07. The Morgan fingerprint density at radius 3 is 2.77 bits per heavy atom. The average Bonchev–Trinajstić information content (AvgIpc) is 2.85. The number of halogens is 1. The highest BCUT2D eigenvalue weighted by atomic mass is 19.1. The number of aromatic nitrogens is 2. The fourth-order valence-electron chi connectivity index (χ4n) is 2.31. The number of carbonyl (C=O) groups is 1. The van der Waals surface area contributed by atoms with Crippen molar-refractivity contribution in [1.29, 1.82) is 0 Å². The van der Waals surface area contributed by atoms with Crippen molar-refractivity contribution in [1.82, 2.24) is 15.3 Å². The number of pyridine rings is 1. The van der Waals surface area contributed by atoms with Crippen LogP contribution in [0.5, 0.6) is 0 Å². The van der Waals surface area contributed by atoms with E-state index in [0.717, 1.165) is 12.8 Å². The number of aryl methyl sites for hydroxylation is 1. The predicted octanol–water partition coefficient (Wildman–Crippen LogP) is 3.96. The van der Waals surface area contributed by atoms with Gasteiger partial charge in [-0.2, -0.15) is 0 Å². The molecule has 22 heavy (non-hydrogen) atoms. The summed E-state index contributed by atoms with van der Waals surface area (Å²) in [6.07, 6.45) is 3.48. The monoisotopic (exact) mass is 305 g/mol. The van der Waals surface area contributed by atoms with Crippen molar-refractivity contribution in [2.75, 3.05) is 0 Å². The van der Waals surface area contributed by atoms with E-state index < -0.39 is 0 Å². The minimum atomic E-state index is -0.381. The summed E-state index contributed by atoms with van der Waals surface area (Å²) >= 11 is 0. The van der Waals surface area contributed by atoms with Crippen LogP contribution in [0, 0.1) is 18.2 Å². The van der Waals surface area contributed by atoms with Gasteiger partial charge in [-0.15, -0.1) is 0 Å². The van der Waals surface area contributed by atoms with Crippen molar-refractivity contribution in [3.05, 3.63) is 29.5 Å². The Balaban J connectivity index is 2.08. The van der Waals surface area contributed by atoms with Crippen LogP contribution in [0.2, 0.25) is 0 Å². The Bertz CT molecular complexity index is 685. The summed E-state index contributed by atoms with van der Waals surface area (Å²) in [6.45, 7) is 10.1. The molecule has 1 amide bonds. The van der Waals surface area contributed by atoms with Crippen molar-refractivity contribution in [3.63, 3.8) is 0 Å². The molecule has 5 heteroatoms. The molecule has 2 aromatic rings. The Labute approximate surface area is 130 Å². The van der Waals surface area contributed by atoms with E-state index >= 15 is 0 Å². The van der Waals surface area contributed by atoms with Crippen LogP contribution in [-0.2, 0) is 0 Å². The summed E-state index contributed by atoms with van der Waals surface area (Å²) < 4.78 is 14.0. The van der Waals surface area contributed by atoms with Crippen molar-refractivity contribution < 1.29 is 9.18 Å². The summed E-state index contributed by atoms with van der Waals surface area (Å²) in [5, 5.41) is 3.35. The number of fused-ring (bicyclic) bond motifs is 1. The van der Waals surface area contributed by atoms with Crippen LogP contribution in [0.1, 0.15) is 56.7 Å². The van der Waals surface area contributed by atoms with E-state index in [-0.39, 0.29) is 23.2 Å². The van der Waals surface area contributed by atoms with Gasteiger partial charge >= 0.3 is 0 Å². The zero-order valence-corrected chi connectivity index (χ0v) is 13.9. The van der Waals surface area contributed by atoms with Crippen molar-refractivity contribution >= 4 is 16.8 Å². The van der Waals surface area contributed by atoms with Gasteiger partial charge in [0, 0.05) is 11.4 Å². The molecule has 1 atom stereocenters. The SMILES string of the molecule is Cc1ncc2[nH]c(C(=O)NC(C)CCC(C)(C)C)cc2c1F. The molecule has 120 valence electrons. The molecule has 2 heterocycles. The van der Waals surface area contributed by atoms with Gasteiger partial charge in [0.1, 0.15) is 5.69 Å². The molecular formula is C17H24FN3O. The van der Waals surface area contributed by atoms with Crippen LogP contribution in [0.4, 0.5) is 4.39 Å². The number of hydrogen-bond acceptors (Lipinski definition) is 2. The van der Waals surface area contributed by atoms with E-state index in [0.29, 0.717) is 22.3 Å². The Morgan fingerprint density at radius 1 is 1.45 bits per heavy atom. The van der Waals surface area contributed by atoms with Gasteiger partial charge in [-0.3, -0.25) is 9.78 Å². The average molecular weight is 305 g/mol. The van der Waals surface area contributed by atoms with Gasteiger partial charge < -0.3 is 10.3 Å². The molecule has 0 aromatic carbocycles. The first-order chi connectivity index (χ1) is 10.2. The van der Waals surface area contributed by atoms with Gasteiger partial charge in [-0.1, -0.05) is 20.8 Å².